The van der Waals surface area contributed by atoms with Gasteiger partial charge in [-0.1, -0.05) is 48.5 Å². The Morgan fingerprint density at radius 2 is 1.67 bits per heavy atom. The molecule has 0 aliphatic carbocycles. The number of rotatable bonds is 3. The van der Waals surface area contributed by atoms with E-state index in [2.05, 4.69) is 28.5 Å². The normalized spacial score (nSPS) is 10.7. The molecular formula is C21H16N2O. The predicted molar refractivity (Wildman–Crippen MR) is 98.1 cm³/mol. The molecule has 1 aromatic heterocycles. The Balaban J connectivity index is 1.67. The van der Waals surface area contributed by atoms with Crippen LogP contribution in [0.25, 0.3) is 22.0 Å². The number of hydrogen-bond donors (Lipinski definition) is 2. The monoisotopic (exact) mass is 312 g/mol. The van der Waals surface area contributed by atoms with Crippen LogP contribution in [0.1, 0.15) is 10.4 Å². The molecule has 0 unspecified atom stereocenters. The summed E-state index contributed by atoms with van der Waals surface area (Å²) in [7, 11) is 0. The first kappa shape index (κ1) is 14.3. The second-order valence-corrected chi connectivity index (χ2v) is 5.65. The molecule has 2 N–H and O–H groups in total. The van der Waals surface area contributed by atoms with Gasteiger partial charge in [0.1, 0.15) is 0 Å². The highest BCUT2D eigenvalue weighted by Gasteiger charge is 2.08. The van der Waals surface area contributed by atoms with Gasteiger partial charge >= 0.3 is 0 Å². The van der Waals surface area contributed by atoms with Gasteiger partial charge in [0.2, 0.25) is 0 Å². The van der Waals surface area contributed by atoms with Crippen molar-refractivity contribution in [3.8, 4) is 11.1 Å². The summed E-state index contributed by atoms with van der Waals surface area (Å²) < 4.78 is 0. The van der Waals surface area contributed by atoms with Gasteiger partial charge in [0.25, 0.3) is 5.91 Å². The lowest BCUT2D eigenvalue weighted by molar-refractivity contribution is 0.102. The fourth-order valence-electron chi connectivity index (χ4n) is 2.88. The van der Waals surface area contributed by atoms with Crippen molar-refractivity contribution in [2.24, 2.45) is 0 Å². The molecule has 1 heterocycles. The molecule has 3 aromatic carbocycles. The van der Waals surface area contributed by atoms with Crippen molar-refractivity contribution in [2.75, 3.05) is 5.32 Å². The molecule has 0 aliphatic heterocycles. The molecule has 1 amide bonds. The number of carbonyl (C=O) groups excluding carboxylic acids is 1. The lowest BCUT2D eigenvalue weighted by Crippen LogP contribution is -2.11. The number of aromatic nitrogens is 1. The van der Waals surface area contributed by atoms with Gasteiger partial charge in [-0.25, -0.2) is 0 Å². The van der Waals surface area contributed by atoms with E-state index < -0.39 is 0 Å². The van der Waals surface area contributed by atoms with Crippen molar-refractivity contribution in [1.82, 2.24) is 4.98 Å². The maximum Gasteiger partial charge on any atom is 0.255 e. The number of carbonyl (C=O) groups is 1. The van der Waals surface area contributed by atoms with E-state index in [0.717, 1.165) is 22.3 Å². The van der Waals surface area contributed by atoms with Crippen molar-refractivity contribution >= 4 is 22.5 Å². The van der Waals surface area contributed by atoms with Crippen LogP contribution in [0.4, 0.5) is 5.69 Å². The van der Waals surface area contributed by atoms with Crippen LogP contribution in [-0.2, 0) is 0 Å². The van der Waals surface area contributed by atoms with Crippen LogP contribution in [0.3, 0.4) is 0 Å². The molecule has 116 valence electrons. The smallest absolute Gasteiger partial charge is 0.255 e. The van der Waals surface area contributed by atoms with Gasteiger partial charge in [0.05, 0.1) is 5.52 Å². The van der Waals surface area contributed by atoms with E-state index in [-0.39, 0.29) is 5.91 Å². The van der Waals surface area contributed by atoms with Crippen LogP contribution >= 0.6 is 0 Å². The topological polar surface area (TPSA) is 44.9 Å². The molecule has 4 aromatic rings. The standard InChI is InChI=1S/C21H16N2O/c24-21(16-6-2-1-3-7-16)23-18-10-4-9-17(14-18)19-11-5-8-15-12-13-22-20(15)19/h1-14,22H,(H,23,24). The third kappa shape index (κ3) is 2.68. The maximum absolute atomic E-state index is 12.3. The van der Waals surface area contributed by atoms with Crippen LogP contribution in [0, 0.1) is 0 Å². The molecule has 0 saturated carbocycles. The average molecular weight is 312 g/mol. The molecule has 3 heteroatoms. The van der Waals surface area contributed by atoms with Gasteiger partial charge in [0, 0.05) is 23.0 Å². The van der Waals surface area contributed by atoms with Gasteiger partial charge in [-0.3, -0.25) is 4.79 Å². The van der Waals surface area contributed by atoms with E-state index >= 15 is 0 Å². The molecule has 0 atom stereocenters. The zero-order valence-electron chi connectivity index (χ0n) is 13.0. The number of hydrogen-bond acceptors (Lipinski definition) is 1. The van der Waals surface area contributed by atoms with E-state index in [1.54, 1.807) is 12.1 Å². The van der Waals surface area contributed by atoms with Gasteiger partial charge in [-0.15, -0.1) is 0 Å². The third-order valence-electron chi connectivity index (χ3n) is 4.05. The van der Waals surface area contributed by atoms with Gasteiger partial charge in [0.15, 0.2) is 0 Å². The molecule has 0 radical (unpaired) electrons. The highest BCUT2D eigenvalue weighted by atomic mass is 16.1. The van der Waals surface area contributed by atoms with Crippen molar-refractivity contribution in [3.05, 3.63) is 90.6 Å². The minimum absolute atomic E-state index is 0.106. The van der Waals surface area contributed by atoms with Crippen LogP contribution in [-0.4, -0.2) is 10.9 Å². The molecular weight excluding hydrogens is 296 g/mol. The predicted octanol–water partition coefficient (Wildman–Crippen LogP) is 5.09. The highest BCUT2D eigenvalue weighted by molar-refractivity contribution is 6.04. The zero-order valence-corrected chi connectivity index (χ0v) is 13.0. The number of aromatic amines is 1. The summed E-state index contributed by atoms with van der Waals surface area (Å²) >= 11 is 0. The van der Waals surface area contributed by atoms with Crippen molar-refractivity contribution < 1.29 is 4.79 Å². The summed E-state index contributed by atoms with van der Waals surface area (Å²) in [6, 6.07) is 25.4. The number of amides is 1. The van der Waals surface area contributed by atoms with Gasteiger partial charge in [-0.05, 0) is 41.3 Å². The van der Waals surface area contributed by atoms with E-state index in [1.807, 2.05) is 54.7 Å². The first-order chi connectivity index (χ1) is 11.8. The molecule has 4 rings (SSSR count). The van der Waals surface area contributed by atoms with Gasteiger partial charge < -0.3 is 10.3 Å². The molecule has 0 bridgehead atoms. The summed E-state index contributed by atoms with van der Waals surface area (Å²) in [5.74, 6) is -0.106. The number of para-hydroxylation sites is 1. The SMILES string of the molecule is O=C(Nc1cccc(-c2cccc3cc[nH]c23)c1)c1ccccc1. The Morgan fingerprint density at radius 1 is 0.833 bits per heavy atom. The second-order valence-electron chi connectivity index (χ2n) is 5.65. The molecule has 24 heavy (non-hydrogen) atoms. The minimum Gasteiger partial charge on any atom is -0.361 e. The van der Waals surface area contributed by atoms with Crippen LogP contribution in [0.5, 0.6) is 0 Å². The highest BCUT2D eigenvalue weighted by Crippen LogP contribution is 2.29. The van der Waals surface area contributed by atoms with Crippen LogP contribution in [0.15, 0.2) is 85.1 Å². The lowest BCUT2D eigenvalue weighted by Gasteiger charge is -2.09. The lowest BCUT2D eigenvalue weighted by atomic mass is 10.0. The number of benzene rings is 3. The van der Waals surface area contributed by atoms with E-state index in [1.165, 1.54) is 5.39 Å². The van der Waals surface area contributed by atoms with Gasteiger partial charge in [-0.2, -0.15) is 0 Å². The van der Waals surface area contributed by atoms with E-state index in [9.17, 15) is 4.79 Å². The first-order valence-corrected chi connectivity index (χ1v) is 7.84. The van der Waals surface area contributed by atoms with Crippen LogP contribution < -0.4 is 5.32 Å². The molecule has 0 saturated heterocycles. The minimum atomic E-state index is -0.106. The maximum atomic E-state index is 12.3. The summed E-state index contributed by atoms with van der Waals surface area (Å²) in [6.45, 7) is 0. The van der Waals surface area contributed by atoms with Crippen LogP contribution in [0.2, 0.25) is 0 Å². The van der Waals surface area contributed by atoms with Crippen molar-refractivity contribution in [1.29, 1.82) is 0 Å². The quantitative estimate of drug-likeness (QED) is 0.544. The Kier molecular flexibility index (Phi) is 3.60. The number of nitrogens with one attached hydrogen (secondary N) is 2. The Labute approximate surface area is 140 Å². The van der Waals surface area contributed by atoms with E-state index in [4.69, 9.17) is 0 Å². The summed E-state index contributed by atoms with van der Waals surface area (Å²) in [4.78, 5) is 15.6. The fourth-order valence-corrected chi connectivity index (χ4v) is 2.88. The first-order valence-electron chi connectivity index (χ1n) is 7.84. The summed E-state index contributed by atoms with van der Waals surface area (Å²) in [5, 5.41) is 4.13. The number of fused-ring (bicyclic) bond motifs is 1. The number of anilines is 1. The Hall–Kier alpha value is -3.33. The largest absolute Gasteiger partial charge is 0.361 e. The second kappa shape index (κ2) is 6.05. The molecule has 0 fully saturated rings. The Morgan fingerprint density at radius 3 is 2.54 bits per heavy atom. The van der Waals surface area contributed by atoms with E-state index in [0.29, 0.717) is 5.56 Å². The number of H-pyrrole nitrogens is 1. The van der Waals surface area contributed by atoms with Crippen molar-refractivity contribution in [2.45, 2.75) is 0 Å². The zero-order chi connectivity index (χ0) is 16.4. The summed E-state index contributed by atoms with van der Waals surface area (Å²) in [5.41, 5.74) is 4.71. The molecule has 0 aliphatic rings. The molecule has 3 nitrogen and oxygen atoms in total. The average Bonchev–Trinajstić information content (AvgIpc) is 3.11. The molecule has 0 spiro atoms. The summed E-state index contributed by atoms with van der Waals surface area (Å²) in [6.07, 6.45) is 1.94. The Bertz CT molecular complexity index is 1000. The fraction of sp³-hybridized carbons (Fsp3) is 0. The van der Waals surface area contributed by atoms with Crippen molar-refractivity contribution in [3.63, 3.8) is 0 Å². The third-order valence-corrected chi connectivity index (χ3v) is 4.05.